The van der Waals surface area contributed by atoms with E-state index in [2.05, 4.69) is 0 Å². The second kappa shape index (κ2) is 5.66. The number of para-hydroxylation sites is 1. The number of hydrogen-bond donors (Lipinski definition) is 1. The average molecular weight is 314 g/mol. The van der Waals surface area contributed by atoms with Gasteiger partial charge in [-0.1, -0.05) is 32.0 Å². The van der Waals surface area contributed by atoms with Crippen molar-refractivity contribution in [3.8, 4) is 5.75 Å². The summed E-state index contributed by atoms with van der Waals surface area (Å²) in [6.07, 6.45) is -3.98. The predicted molar refractivity (Wildman–Crippen MR) is 75.5 cm³/mol. The van der Waals surface area contributed by atoms with Gasteiger partial charge in [-0.15, -0.1) is 0 Å². The first kappa shape index (κ1) is 16.4. The van der Waals surface area contributed by atoms with Crippen molar-refractivity contribution in [2.45, 2.75) is 38.5 Å². The van der Waals surface area contributed by atoms with Crippen LogP contribution in [0.4, 0.5) is 13.2 Å². The maximum Gasteiger partial charge on any atom is 0.432 e. The van der Waals surface area contributed by atoms with Crippen LogP contribution in [-0.4, -0.2) is 22.9 Å². The lowest BCUT2D eigenvalue weighted by Gasteiger charge is -2.39. The van der Waals surface area contributed by atoms with Gasteiger partial charge in [0, 0.05) is 12.0 Å². The molecule has 1 N–H and O–H groups in total. The van der Waals surface area contributed by atoms with Gasteiger partial charge in [-0.25, -0.2) is 4.79 Å². The van der Waals surface area contributed by atoms with E-state index in [9.17, 15) is 23.1 Å². The minimum atomic E-state index is -4.82. The first-order valence-corrected chi connectivity index (χ1v) is 6.97. The standard InChI is InChI=1S/C16H17F3O3/c1-10(2)7-8-15(16(17,18)19)12(14(20)21)9-11-5-3-4-6-13(11)22-15/h3-6,9-10H,7-8H2,1-2H3,(H,20,21). The monoisotopic (exact) mass is 314 g/mol. The Bertz CT molecular complexity index is 605. The van der Waals surface area contributed by atoms with Gasteiger partial charge in [0.25, 0.3) is 0 Å². The molecule has 0 saturated carbocycles. The maximum atomic E-state index is 13.7. The van der Waals surface area contributed by atoms with Gasteiger partial charge in [0.05, 0.1) is 5.57 Å². The van der Waals surface area contributed by atoms with Gasteiger partial charge >= 0.3 is 12.1 Å². The van der Waals surface area contributed by atoms with Crippen molar-refractivity contribution < 1.29 is 27.8 Å². The molecule has 3 nitrogen and oxygen atoms in total. The molecule has 22 heavy (non-hydrogen) atoms. The van der Waals surface area contributed by atoms with Crippen molar-refractivity contribution in [1.82, 2.24) is 0 Å². The lowest BCUT2D eigenvalue weighted by molar-refractivity contribution is -0.238. The Balaban J connectivity index is 2.59. The fourth-order valence-corrected chi connectivity index (χ4v) is 2.47. The molecule has 1 unspecified atom stereocenters. The first-order chi connectivity index (χ1) is 10.2. The molecule has 2 rings (SSSR count). The van der Waals surface area contributed by atoms with Gasteiger partial charge in [0.1, 0.15) is 5.75 Å². The summed E-state index contributed by atoms with van der Waals surface area (Å²) in [4.78, 5) is 11.4. The highest BCUT2D eigenvalue weighted by atomic mass is 19.4. The molecule has 0 saturated heterocycles. The molecule has 1 aliphatic rings. The van der Waals surface area contributed by atoms with Crippen LogP contribution < -0.4 is 4.74 Å². The summed E-state index contributed by atoms with van der Waals surface area (Å²) >= 11 is 0. The quantitative estimate of drug-likeness (QED) is 0.902. The van der Waals surface area contributed by atoms with E-state index in [4.69, 9.17) is 4.74 Å². The molecule has 0 amide bonds. The molecule has 0 fully saturated rings. The highest BCUT2D eigenvalue weighted by Gasteiger charge is 2.62. The van der Waals surface area contributed by atoms with Crippen LogP contribution in [0, 0.1) is 5.92 Å². The minimum absolute atomic E-state index is 0.00459. The number of aliphatic carboxylic acids is 1. The fourth-order valence-electron chi connectivity index (χ4n) is 2.47. The molecule has 0 radical (unpaired) electrons. The Hall–Kier alpha value is -1.98. The summed E-state index contributed by atoms with van der Waals surface area (Å²) in [5.41, 5.74) is -3.24. The maximum absolute atomic E-state index is 13.7. The fraction of sp³-hybridized carbons (Fsp3) is 0.438. The highest BCUT2D eigenvalue weighted by molar-refractivity contribution is 5.96. The zero-order valence-corrected chi connectivity index (χ0v) is 12.3. The van der Waals surface area contributed by atoms with Gasteiger partial charge in [-0.2, -0.15) is 13.2 Å². The van der Waals surface area contributed by atoms with E-state index in [0.29, 0.717) is 5.56 Å². The number of carbonyl (C=O) groups is 1. The molecular formula is C16H17F3O3. The zero-order valence-electron chi connectivity index (χ0n) is 12.3. The summed E-state index contributed by atoms with van der Waals surface area (Å²) < 4.78 is 46.4. The first-order valence-electron chi connectivity index (χ1n) is 6.97. The Morgan fingerprint density at radius 3 is 2.50 bits per heavy atom. The SMILES string of the molecule is CC(C)CCC1(C(F)(F)F)Oc2ccccc2C=C1C(=O)O. The summed E-state index contributed by atoms with van der Waals surface area (Å²) in [7, 11) is 0. The third-order valence-corrected chi connectivity index (χ3v) is 3.70. The molecule has 1 heterocycles. The van der Waals surface area contributed by atoms with E-state index in [1.165, 1.54) is 12.1 Å². The number of alkyl halides is 3. The number of hydrogen-bond acceptors (Lipinski definition) is 2. The summed E-state index contributed by atoms with van der Waals surface area (Å²) in [6, 6.07) is 6.12. The van der Waals surface area contributed by atoms with Crippen molar-refractivity contribution in [2.24, 2.45) is 5.92 Å². The second-order valence-corrected chi connectivity index (χ2v) is 5.76. The van der Waals surface area contributed by atoms with Crippen LogP contribution in [0.3, 0.4) is 0 Å². The van der Waals surface area contributed by atoms with Crippen molar-refractivity contribution in [2.75, 3.05) is 0 Å². The molecular weight excluding hydrogens is 297 g/mol. The van der Waals surface area contributed by atoms with E-state index in [1.807, 2.05) is 0 Å². The van der Waals surface area contributed by atoms with E-state index >= 15 is 0 Å². The van der Waals surface area contributed by atoms with E-state index in [0.717, 1.165) is 6.08 Å². The third-order valence-electron chi connectivity index (χ3n) is 3.70. The number of carboxylic acid groups (broad SMARTS) is 1. The van der Waals surface area contributed by atoms with E-state index < -0.39 is 29.7 Å². The number of ether oxygens (including phenoxy) is 1. The molecule has 6 heteroatoms. The van der Waals surface area contributed by atoms with Crippen LogP contribution in [0.2, 0.25) is 0 Å². The van der Waals surface area contributed by atoms with Crippen molar-refractivity contribution >= 4 is 12.0 Å². The van der Waals surface area contributed by atoms with Crippen LogP contribution in [-0.2, 0) is 4.79 Å². The van der Waals surface area contributed by atoms with Crippen molar-refractivity contribution in [1.29, 1.82) is 0 Å². The van der Waals surface area contributed by atoms with Crippen LogP contribution in [0.5, 0.6) is 5.75 Å². The molecule has 120 valence electrons. The summed E-state index contributed by atoms with van der Waals surface area (Å²) in [5, 5.41) is 9.28. The van der Waals surface area contributed by atoms with Gasteiger partial charge in [0.2, 0.25) is 5.60 Å². The van der Waals surface area contributed by atoms with Crippen LogP contribution in [0.1, 0.15) is 32.3 Å². The smallest absolute Gasteiger partial charge is 0.432 e. The molecule has 0 bridgehead atoms. The van der Waals surface area contributed by atoms with E-state index in [1.54, 1.807) is 26.0 Å². The van der Waals surface area contributed by atoms with E-state index in [-0.39, 0.29) is 18.1 Å². The molecule has 0 aromatic heterocycles. The van der Waals surface area contributed by atoms with Gasteiger partial charge in [-0.05, 0) is 24.5 Å². The highest BCUT2D eigenvalue weighted by Crippen LogP contribution is 2.48. The Morgan fingerprint density at radius 1 is 1.32 bits per heavy atom. The number of fused-ring (bicyclic) bond motifs is 1. The molecule has 0 aliphatic carbocycles. The number of carboxylic acids is 1. The molecule has 1 aromatic rings. The summed E-state index contributed by atoms with van der Waals surface area (Å²) in [5.74, 6) is -1.57. The van der Waals surface area contributed by atoms with Crippen molar-refractivity contribution in [3.63, 3.8) is 0 Å². The number of halogens is 3. The molecule has 1 aliphatic heterocycles. The minimum Gasteiger partial charge on any atom is -0.478 e. The molecule has 1 aromatic carbocycles. The lowest BCUT2D eigenvalue weighted by Crippen LogP contribution is -2.55. The Morgan fingerprint density at radius 2 is 1.95 bits per heavy atom. The van der Waals surface area contributed by atoms with Gasteiger partial charge in [-0.3, -0.25) is 0 Å². The topological polar surface area (TPSA) is 46.5 Å². The van der Waals surface area contributed by atoms with Crippen molar-refractivity contribution in [3.05, 3.63) is 35.4 Å². The van der Waals surface area contributed by atoms with Gasteiger partial charge < -0.3 is 9.84 Å². The molecule has 1 atom stereocenters. The van der Waals surface area contributed by atoms with Gasteiger partial charge in [0.15, 0.2) is 0 Å². The summed E-state index contributed by atoms with van der Waals surface area (Å²) in [6.45, 7) is 3.57. The number of rotatable bonds is 4. The molecule has 0 spiro atoms. The lowest BCUT2D eigenvalue weighted by atomic mass is 9.82. The largest absolute Gasteiger partial charge is 0.478 e. The third kappa shape index (κ3) is 2.82. The van der Waals surface area contributed by atoms with Crippen LogP contribution in [0.15, 0.2) is 29.8 Å². The Kier molecular flexibility index (Phi) is 4.22. The average Bonchev–Trinajstić information content (AvgIpc) is 2.42. The van der Waals surface area contributed by atoms with Crippen LogP contribution >= 0.6 is 0 Å². The Labute approximate surface area is 126 Å². The van der Waals surface area contributed by atoms with Crippen LogP contribution in [0.25, 0.3) is 6.08 Å². The zero-order chi connectivity index (χ0) is 16.5. The number of benzene rings is 1. The normalized spacial score (nSPS) is 21.1. The predicted octanol–water partition coefficient (Wildman–Crippen LogP) is 4.28. The second-order valence-electron chi connectivity index (χ2n) is 5.76.